The van der Waals surface area contributed by atoms with Crippen LogP contribution in [-0.2, 0) is 29.4 Å². The van der Waals surface area contributed by atoms with Crippen molar-refractivity contribution >= 4 is 20.9 Å². The first-order valence-electron chi connectivity index (χ1n) is 8.29. The molecule has 24 heavy (non-hydrogen) atoms. The molecule has 0 radical (unpaired) electrons. The number of H-pyrrole nitrogens is 1. The van der Waals surface area contributed by atoms with E-state index in [4.69, 9.17) is 4.42 Å². The van der Waals surface area contributed by atoms with Gasteiger partial charge in [0.15, 0.2) is 0 Å². The van der Waals surface area contributed by atoms with Gasteiger partial charge in [-0.2, -0.15) is 0 Å². The van der Waals surface area contributed by atoms with Crippen molar-refractivity contribution in [3.63, 3.8) is 0 Å². The highest BCUT2D eigenvalue weighted by molar-refractivity contribution is 7.89. The minimum absolute atomic E-state index is 0.151. The lowest BCUT2D eigenvalue weighted by Gasteiger charge is -2.06. The molecule has 4 rings (SSSR count). The van der Waals surface area contributed by atoms with E-state index in [1.54, 1.807) is 24.3 Å². The number of sulfonamides is 1. The summed E-state index contributed by atoms with van der Waals surface area (Å²) in [5.41, 5.74) is 3.57. The van der Waals surface area contributed by atoms with Gasteiger partial charge in [0.2, 0.25) is 10.0 Å². The number of aromatic nitrogens is 1. The first-order chi connectivity index (χ1) is 11.6. The second kappa shape index (κ2) is 6.11. The Morgan fingerprint density at radius 1 is 1.12 bits per heavy atom. The highest BCUT2D eigenvalue weighted by Gasteiger charge is 2.19. The highest BCUT2D eigenvalue weighted by Crippen LogP contribution is 2.30. The first-order valence-corrected chi connectivity index (χ1v) is 9.77. The Morgan fingerprint density at radius 2 is 2.00 bits per heavy atom. The zero-order chi connectivity index (χ0) is 16.6. The van der Waals surface area contributed by atoms with E-state index in [2.05, 4.69) is 9.71 Å². The van der Waals surface area contributed by atoms with Gasteiger partial charge in [-0.05, 0) is 61.6 Å². The van der Waals surface area contributed by atoms with Gasteiger partial charge >= 0.3 is 0 Å². The van der Waals surface area contributed by atoms with Gasteiger partial charge in [-0.25, -0.2) is 13.1 Å². The number of hydrogen-bond donors (Lipinski definition) is 2. The molecule has 0 aliphatic heterocycles. The lowest BCUT2D eigenvalue weighted by atomic mass is 10.1. The Balaban J connectivity index is 1.67. The molecule has 1 aliphatic rings. The fourth-order valence-electron chi connectivity index (χ4n) is 3.39. The SMILES string of the molecule is O=S(=O)(NCc1ccco1)c1ccc2[nH]c3c(c2c1)CCCCC3. The van der Waals surface area contributed by atoms with Gasteiger partial charge in [-0.3, -0.25) is 0 Å². The molecule has 0 unspecified atom stereocenters. The molecule has 0 saturated heterocycles. The summed E-state index contributed by atoms with van der Waals surface area (Å²) in [6.45, 7) is 0.151. The van der Waals surface area contributed by atoms with Crippen LogP contribution in [0.15, 0.2) is 45.9 Å². The van der Waals surface area contributed by atoms with Crippen LogP contribution in [0.4, 0.5) is 0 Å². The number of furan rings is 1. The Labute approximate surface area is 141 Å². The van der Waals surface area contributed by atoms with E-state index >= 15 is 0 Å². The fourth-order valence-corrected chi connectivity index (χ4v) is 4.41. The van der Waals surface area contributed by atoms with E-state index in [1.165, 1.54) is 30.4 Å². The van der Waals surface area contributed by atoms with Crippen molar-refractivity contribution < 1.29 is 12.8 Å². The van der Waals surface area contributed by atoms with Crippen molar-refractivity contribution in [3.05, 3.63) is 53.6 Å². The average Bonchev–Trinajstić information content (AvgIpc) is 3.15. The largest absolute Gasteiger partial charge is 0.468 e. The van der Waals surface area contributed by atoms with Crippen molar-refractivity contribution in [3.8, 4) is 0 Å². The summed E-state index contributed by atoms with van der Waals surface area (Å²) >= 11 is 0. The summed E-state index contributed by atoms with van der Waals surface area (Å²) in [4.78, 5) is 3.76. The second-order valence-corrected chi connectivity index (χ2v) is 8.02. The van der Waals surface area contributed by atoms with Crippen LogP contribution < -0.4 is 4.72 Å². The Morgan fingerprint density at radius 3 is 2.83 bits per heavy atom. The molecular weight excluding hydrogens is 324 g/mol. The van der Waals surface area contributed by atoms with Crippen LogP contribution in [0.3, 0.4) is 0 Å². The first kappa shape index (κ1) is 15.5. The van der Waals surface area contributed by atoms with Gasteiger partial charge in [0.05, 0.1) is 17.7 Å². The quantitative estimate of drug-likeness (QED) is 0.711. The molecule has 0 amide bonds. The molecule has 6 heteroatoms. The topological polar surface area (TPSA) is 75.1 Å². The number of hydrogen-bond acceptors (Lipinski definition) is 3. The zero-order valence-electron chi connectivity index (χ0n) is 13.3. The van der Waals surface area contributed by atoms with Gasteiger partial charge in [-0.1, -0.05) is 6.42 Å². The van der Waals surface area contributed by atoms with Gasteiger partial charge < -0.3 is 9.40 Å². The smallest absolute Gasteiger partial charge is 0.240 e. The van der Waals surface area contributed by atoms with Crippen LogP contribution in [0.2, 0.25) is 0 Å². The predicted molar refractivity (Wildman–Crippen MR) is 92.3 cm³/mol. The Hall–Kier alpha value is -2.05. The second-order valence-electron chi connectivity index (χ2n) is 6.25. The highest BCUT2D eigenvalue weighted by atomic mass is 32.2. The molecule has 1 aromatic carbocycles. The van der Waals surface area contributed by atoms with Crippen LogP contribution in [0.5, 0.6) is 0 Å². The molecule has 0 saturated carbocycles. The summed E-state index contributed by atoms with van der Waals surface area (Å²) < 4.78 is 32.9. The number of aromatic amines is 1. The minimum atomic E-state index is -3.57. The van der Waals surface area contributed by atoms with Crippen molar-refractivity contribution in [2.24, 2.45) is 0 Å². The average molecular weight is 344 g/mol. The third-order valence-electron chi connectivity index (χ3n) is 4.65. The van der Waals surface area contributed by atoms with Crippen molar-refractivity contribution in [2.75, 3.05) is 0 Å². The molecular formula is C18H20N2O3S. The number of benzene rings is 1. The third-order valence-corrected chi connectivity index (χ3v) is 6.05. The Bertz CT molecular complexity index is 956. The molecule has 2 aromatic heterocycles. The summed E-state index contributed by atoms with van der Waals surface area (Å²) in [5.74, 6) is 0.593. The standard InChI is InChI=1S/C18H20N2O3S/c21-24(22,19-12-13-5-4-10-23-13)14-8-9-18-16(11-14)15-6-2-1-3-7-17(15)20-18/h4-5,8-11,19-20H,1-3,6-7,12H2. The molecule has 5 nitrogen and oxygen atoms in total. The molecule has 126 valence electrons. The zero-order valence-corrected chi connectivity index (χ0v) is 14.2. The predicted octanol–water partition coefficient (Wildman–Crippen LogP) is 3.51. The number of fused-ring (bicyclic) bond motifs is 3. The summed E-state index contributed by atoms with van der Waals surface area (Å²) in [6, 6.07) is 8.80. The summed E-state index contributed by atoms with van der Waals surface area (Å²) in [5, 5.41) is 1.03. The number of nitrogens with one attached hydrogen (secondary N) is 2. The molecule has 0 atom stereocenters. The maximum absolute atomic E-state index is 12.6. The van der Waals surface area contributed by atoms with E-state index in [0.29, 0.717) is 10.7 Å². The minimum Gasteiger partial charge on any atom is -0.468 e. The molecule has 2 N–H and O–H groups in total. The van der Waals surface area contributed by atoms with Crippen molar-refractivity contribution in [1.29, 1.82) is 0 Å². The van der Waals surface area contributed by atoms with Crippen LogP contribution in [0.1, 0.15) is 36.3 Å². The van der Waals surface area contributed by atoms with Crippen LogP contribution >= 0.6 is 0 Å². The van der Waals surface area contributed by atoms with E-state index in [9.17, 15) is 8.42 Å². The lowest BCUT2D eigenvalue weighted by Crippen LogP contribution is -2.22. The molecule has 0 fully saturated rings. The maximum Gasteiger partial charge on any atom is 0.240 e. The summed E-state index contributed by atoms with van der Waals surface area (Å²) in [7, 11) is -3.57. The van der Waals surface area contributed by atoms with Crippen LogP contribution in [-0.4, -0.2) is 13.4 Å². The Kier molecular flexibility index (Phi) is 3.94. The monoisotopic (exact) mass is 344 g/mol. The van der Waals surface area contributed by atoms with Crippen LogP contribution in [0, 0.1) is 0 Å². The molecule has 0 bridgehead atoms. The lowest BCUT2D eigenvalue weighted by molar-refractivity contribution is 0.498. The number of aryl methyl sites for hydroxylation is 2. The normalized spacial score (nSPS) is 15.3. The fraction of sp³-hybridized carbons (Fsp3) is 0.333. The maximum atomic E-state index is 12.6. The van der Waals surface area contributed by atoms with Gasteiger partial charge in [0, 0.05) is 16.6 Å². The number of rotatable bonds is 4. The molecule has 1 aliphatic carbocycles. The van der Waals surface area contributed by atoms with Crippen LogP contribution in [0.25, 0.3) is 10.9 Å². The molecule has 3 aromatic rings. The van der Waals surface area contributed by atoms with Gasteiger partial charge in [0.1, 0.15) is 5.76 Å². The van der Waals surface area contributed by atoms with Crippen molar-refractivity contribution in [1.82, 2.24) is 9.71 Å². The van der Waals surface area contributed by atoms with E-state index < -0.39 is 10.0 Å². The van der Waals surface area contributed by atoms with E-state index in [1.807, 2.05) is 6.07 Å². The van der Waals surface area contributed by atoms with E-state index in [-0.39, 0.29) is 6.54 Å². The third kappa shape index (κ3) is 2.87. The van der Waals surface area contributed by atoms with Gasteiger partial charge in [-0.15, -0.1) is 0 Å². The van der Waals surface area contributed by atoms with Gasteiger partial charge in [0.25, 0.3) is 0 Å². The van der Waals surface area contributed by atoms with Crippen molar-refractivity contribution in [2.45, 2.75) is 43.5 Å². The summed E-state index contributed by atoms with van der Waals surface area (Å²) in [6.07, 6.45) is 7.17. The molecule has 2 heterocycles. The van der Waals surface area contributed by atoms with E-state index in [0.717, 1.165) is 30.2 Å². The molecule has 0 spiro atoms.